The van der Waals surface area contributed by atoms with Gasteiger partial charge in [0.15, 0.2) is 0 Å². The fraction of sp³-hybridized carbons (Fsp3) is 0.875. The summed E-state index contributed by atoms with van der Waals surface area (Å²) in [6.07, 6.45) is 1.26. The molecule has 0 aromatic rings. The molecule has 0 aliphatic rings. The van der Waals surface area contributed by atoms with Gasteiger partial charge in [-0.3, -0.25) is 9.59 Å². The van der Waals surface area contributed by atoms with Crippen LogP contribution >= 0.6 is 0 Å². The first kappa shape index (κ1) is 18.1. The molecule has 112 valence electrons. The molecular weight excluding hydrogens is 238 g/mol. The number of carbonyl (C=O) groups excluding carboxylic acids is 2. The molecular formula is C16H31NO2. The van der Waals surface area contributed by atoms with E-state index in [4.69, 9.17) is 0 Å². The van der Waals surface area contributed by atoms with Crippen LogP contribution in [0.4, 0.5) is 0 Å². The molecule has 0 saturated carbocycles. The highest BCUT2D eigenvalue weighted by Crippen LogP contribution is 2.21. The number of ketones is 1. The zero-order chi connectivity index (χ0) is 15.4. The molecule has 0 unspecified atom stereocenters. The molecule has 0 aromatic heterocycles. The smallest absolute Gasteiger partial charge is 0.225 e. The molecule has 0 rings (SSSR count). The maximum atomic E-state index is 12.1. The van der Waals surface area contributed by atoms with Gasteiger partial charge in [-0.15, -0.1) is 0 Å². The van der Waals surface area contributed by atoms with Gasteiger partial charge < -0.3 is 5.32 Å². The first-order chi connectivity index (χ1) is 8.34. The van der Waals surface area contributed by atoms with Crippen molar-refractivity contribution in [2.24, 2.45) is 16.7 Å². The molecule has 0 heterocycles. The molecule has 0 spiro atoms. The predicted molar refractivity (Wildman–Crippen MR) is 79.9 cm³/mol. The summed E-state index contributed by atoms with van der Waals surface area (Å²) >= 11 is 0. The van der Waals surface area contributed by atoms with Gasteiger partial charge in [0.2, 0.25) is 5.91 Å². The first-order valence-corrected chi connectivity index (χ1v) is 7.18. The molecule has 1 atom stereocenters. The zero-order valence-electron chi connectivity index (χ0n) is 13.9. The highest BCUT2D eigenvalue weighted by molar-refractivity contribution is 5.86. The van der Waals surface area contributed by atoms with Gasteiger partial charge in [0.25, 0.3) is 0 Å². The van der Waals surface area contributed by atoms with Crippen LogP contribution < -0.4 is 5.32 Å². The zero-order valence-corrected chi connectivity index (χ0v) is 13.9. The van der Waals surface area contributed by atoms with Crippen LogP contribution in [0.3, 0.4) is 0 Å². The van der Waals surface area contributed by atoms with E-state index in [0.29, 0.717) is 12.3 Å². The lowest BCUT2D eigenvalue weighted by Crippen LogP contribution is -2.44. The standard InChI is InChI=1S/C16H31NO2/c1-11(2)9-12(10-13(18)15(3,4)5)17-14(19)16(6,7)8/h11-12H,9-10H2,1-8H3,(H,17,19)/t12-/m1/s1. The molecule has 0 bridgehead atoms. The largest absolute Gasteiger partial charge is 0.352 e. The summed E-state index contributed by atoms with van der Waals surface area (Å²) in [6, 6.07) is -0.0570. The Morgan fingerprint density at radius 2 is 1.42 bits per heavy atom. The average molecular weight is 269 g/mol. The summed E-state index contributed by atoms with van der Waals surface area (Å²) in [5.74, 6) is 0.672. The topological polar surface area (TPSA) is 46.2 Å². The van der Waals surface area contributed by atoms with Gasteiger partial charge in [0, 0.05) is 23.3 Å². The van der Waals surface area contributed by atoms with Crippen LogP contribution in [0, 0.1) is 16.7 Å². The molecule has 0 aliphatic heterocycles. The van der Waals surface area contributed by atoms with Crippen LogP contribution in [-0.4, -0.2) is 17.7 Å². The Kier molecular flexibility index (Phi) is 6.24. The van der Waals surface area contributed by atoms with E-state index in [1.807, 2.05) is 41.5 Å². The van der Waals surface area contributed by atoms with Gasteiger partial charge in [-0.25, -0.2) is 0 Å². The second-order valence-corrected chi connectivity index (χ2v) is 7.93. The number of hydrogen-bond acceptors (Lipinski definition) is 2. The van der Waals surface area contributed by atoms with Crippen LogP contribution in [0.5, 0.6) is 0 Å². The number of Topliss-reactive ketones (excluding diaryl/α,β-unsaturated/α-hetero) is 1. The lowest BCUT2D eigenvalue weighted by Gasteiger charge is -2.27. The fourth-order valence-electron chi connectivity index (χ4n) is 1.69. The predicted octanol–water partition coefficient (Wildman–Crippen LogP) is 3.57. The van der Waals surface area contributed by atoms with E-state index in [0.717, 1.165) is 6.42 Å². The van der Waals surface area contributed by atoms with Crippen LogP contribution in [0.2, 0.25) is 0 Å². The molecule has 1 amide bonds. The quantitative estimate of drug-likeness (QED) is 0.829. The minimum absolute atomic E-state index is 0.0138. The van der Waals surface area contributed by atoms with Gasteiger partial charge in [0.1, 0.15) is 5.78 Å². The van der Waals surface area contributed by atoms with E-state index in [1.54, 1.807) is 0 Å². The molecule has 0 aliphatic carbocycles. The summed E-state index contributed by atoms with van der Waals surface area (Å²) in [4.78, 5) is 24.2. The van der Waals surface area contributed by atoms with Gasteiger partial charge in [-0.2, -0.15) is 0 Å². The van der Waals surface area contributed by atoms with E-state index in [1.165, 1.54) is 0 Å². The van der Waals surface area contributed by atoms with E-state index < -0.39 is 5.41 Å². The van der Waals surface area contributed by atoms with E-state index >= 15 is 0 Å². The molecule has 3 nitrogen and oxygen atoms in total. The second kappa shape index (κ2) is 6.53. The van der Waals surface area contributed by atoms with Crippen molar-refractivity contribution in [3.8, 4) is 0 Å². The Morgan fingerprint density at radius 3 is 1.74 bits per heavy atom. The van der Waals surface area contributed by atoms with Crippen LogP contribution in [-0.2, 0) is 9.59 Å². The second-order valence-electron chi connectivity index (χ2n) is 7.93. The lowest BCUT2D eigenvalue weighted by molar-refractivity contribution is -0.130. The highest BCUT2D eigenvalue weighted by Gasteiger charge is 2.28. The van der Waals surface area contributed by atoms with Crippen LogP contribution in [0.1, 0.15) is 68.2 Å². The Bertz CT molecular complexity index is 291. The normalized spacial score (nSPS) is 14.4. The summed E-state index contributed by atoms with van der Waals surface area (Å²) in [7, 11) is 0. The number of nitrogens with one attached hydrogen (secondary N) is 1. The summed E-state index contributed by atoms with van der Waals surface area (Å²) in [5, 5.41) is 3.03. The summed E-state index contributed by atoms with van der Waals surface area (Å²) in [6.45, 7) is 15.7. The number of amides is 1. The Morgan fingerprint density at radius 1 is 0.947 bits per heavy atom. The van der Waals surface area contributed by atoms with Crippen molar-refractivity contribution >= 4 is 11.7 Å². The average Bonchev–Trinajstić information content (AvgIpc) is 2.12. The minimum Gasteiger partial charge on any atom is -0.352 e. The Balaban J connectivity index is 4.75. The van der Waals surface area contributed by atoms with Crippen molar-refractivity contribution in [1.82, 2.24) is 5.32 Å². The van der Waals surface area contributed by atoms with Gasteiger partial charge in [-0.1, -0.05) is 55.4 Å². The van der Waals surface area contributed by atoms with E-state index in [-0.39, 0.29) is 23.1 Å². The van der Waals surface area contributed by atoms with Gasteiger partial charge in [0.05, 0.1) is 0 Å². The lowest BCUT2D eigenvalue weighted by atomic mass is 9.85. The Labute approximate surface area is 118 Å². The maximum absolute atomic E-state index is 12.1. The molecule has 1 N–H and O–H groups in total. The third-order valence-corrected chi connectivity index (χ3v) is 3.04. The van der Waals surface area contributed by atoms with Crippen LogP contribution in [0.15, 0.2) is 0 Å². The van der Waals surface area contributed by atoms with Crippen molar-refractivity contribution in [1.29, 1.82) is 0 Å². The molecule has 0 fully saturated rings. The van der Waals surface area contributed by atoms with Crippen molar-refractivity contribution < 1.29 is 9.59 Å². The molecule has 3 heteroatoms. The minimum atomic E-state index is -0.417. The summed E-state index contributed by atoms with van der Waals surface area (Å²) < 4.78 is 0. The van der Waals surface area contributed by atoms with E-state index in [9.17, 15) is 9.59 Å². The number of rotatable bonds is 5. The maximum Gasteiger partial charge on any atom is 0.225 e. The molecule has 0 saturated heterocycles. The monoisotopic (exact) mass is 269 g/mol. The SMILES string of the molecule is CC(C)C[C@H](CC(=O)C(C)(C)C)NC(=O)C(C)(C)C. The number of carbonyl (C=O) groups is 2. The third-order valence-electron chi connectivity index (χ3n) is 3.04. The highest BCUT2D eigenvalue weighted by atomic mass is 16.2. The molecule has 19 heavy (non-hydrogen) atoms. The molecule has 0 aromatic carbocycles. The number of hydrogen-bond donors (Lipinski definition) is 1. The van der Waals surface area contributed by atoms with E-state index in [2.05, 4.69) is 19.2 Å². The van der Waals surface area contributed by atoms with Crippen LogP contribution in [0.25, 0.3) is 0 Å². The van der Waals surface area contributed by atoms with Crippen molar-refractivity contribution in [2.75, 3.05) is 0 Å². The molecule has 0 radical (unpaired) electrons. The first-order valence-electron chi connectivity index (χ1n) is 7.18. The fourth-order valence-corrected chi connectivity index (χ4v) is 1.69. The van der Waals surface area contributed by atoms with Crippen molar-refractivity contribution in [2.45, 2.75) is 74.3 Å². The van der Waals surface area contributed by atoms with Crippen molar-refractivity contribution in [3.63, 3.8) is 0 Å². The third kappa shape index (κ3) is 7.34. The van der Waals surface area contributed by atoms with Crippen molar-refractivity contribution in [3.05, 3.63) is 0 Å². The Hall–Kier alpha value is -0.860. The van der Waals surface area contributed by atoms with Gasteiger partial charge in [-0.05, 0) is 12.3 Å². The summed E-state index contributed by atoms with van der Waals surface area (Å²) in [5.41, 5.74) is -0.762. The van der Waals surface area contributed by atoms with Gasteiger partial charge >= 0.3 is 0 Å².